The summed E-state index contributed by atoms with van der Waals surface area (Å²) in [5.41, 5.74) is 2.34. The Balaban J connectivity index is 0.000000271. The molecule has 4 rings (SSSR count). The molecule has 0 amide bonds. The van der Waals surface area contributed by atoms with Crippen molar-refractivity contribution in [2.45, 2.75) is 57.3 Å². The number of halogens is 6. The van der Waals surface area contributed by atoms with Crippen molar-refractivity contribution >= 4 is 23.3 Å². The Morgan fingerprint density at radius 3 is 1.83 bits per heavy atom. The molecule has 2 saturated heterocycles. The van der Waals surface area contributed by atoms with Gasteiger partial charge in [0.2, 0.25) is 0 Å². The summed E-state index contributed by atoms with van der Waals surface area (Å²) in [4.78, 5) is 29.3. The van der Waals surface area contributed by atoms with E-state index >= 15 is 0 Å². The van der Waals surface area contributed by atoms with Crippen molar-refractivity contribution in [1.29, 1.82) is 0 Å². The highest BCUT2D eigenvalue weighted by atomic mass is 32.1. The van der Waals surface area contributed by atoms with E-state index in [1.54, 1.807) is 0 Å². The summed E-state index contributed by atoms with van der Waals surface area (Å²) in [6.07, 6.45) is -7.55. The van der Waals surface area contributed by atoms with Gasteiger partial charge < -0.3 is 10.2 Å². The lowest BCUT2D eigenvalue weighted by Crippen LogP contribution is -2.36. The van der Waals surface area contributed by atoms with Crippen molar-refractivity contribution in [3.8, 4) is 0 Å². The van der Waals surface area contributed by atoms with Crippen LogP contribution < -0.4 is 0 Å². The van der Waals surface area contributed by atoms with Crippen LogP contribution in [0.2, 0.25) is 0 Å². The highest BCUT2D eigenvalue weighted by Gasteiger charge is 2.42. The van der Waals surface area contributed by atoms with Gasteiger partial charge >= 0.3 is 24.3 Å². The number of alkyl halides is 6. The number of aromatic nitrogens is 1. The molecule has 200 valence electrons. The zero-order valence-electron chi connectivity index (χ0n) is 19.1. The zero-order valence-corrected chi connectivity index (χ0v) is 19.9. The molecule has 2 aromatic rings. The predicted molar refractivity (Wildman–Crippen MR) is 118 cm³/mol. The van der Waals surface area contributed by atoms with Crippen molar-refractivity contribution in [2.24, 2.45) is 0 Å². The molecule has 0 saturated carbocycles. The van der Waals surface area contributed by atoms with Crippen LogP contribution >= 0.6 is 11.3 Å². The number of thiophene rings is 1. The molecule has 36 heavy (non-hydrogen) atoms. The lowest BCUT2D eigenvalue weighted by molar-refractivity contribution is -0.193. The van der Waals surface area contributed by atoms with E-state index in [4.69, 9.17) is 19.8 Å². The van der Waals surface area contributed by atoms with Crippen LogP contribution in [0, 0.1) is 6.92 Å². The summed E-state index contributed by atoms with van der Waals surface area (Å²) >= 11 is 1.88. The van der Waals surface area contributed by atoms with Crippen molar-refractivity contribution in [1.82, 2.24) is 14.8 Å². The van der Waals surface area contributed by atoms with Gasteiger partial charge in [0.05, 0.1) is 5.69 Å². The van der Waals surface area contributed by atoms with Gasteiger partial charge in [-0.2, -0.15) is 26.3 Å². The molecule has 2 N–H and O–H groups in total. The number of pyridine rings is 1. The smallest absolute Gasteiger partial charge is 0.475 e. The SMILES string of the molecule is Cc1cccc(CN2CC[C@@H]3[C@@H]2CCN3Cc2cccs2)n1.O=C(O)C(F)(F)F.O=C(O)C(F)(F)F. The van der Waals surface area contributed by atoms with E-state index in [9.17, 15) is 26.3 Å². The fraction of sp³-hybridized carbons (Fsp3) is 0.500. The topological polar surface area (TPSA) is 94.0 Å². The Morgan fingerprint density at radius 1 is 0.917 bits per heavy atom. The number of fused-ring (bicyclic) bond motifs is 1. The first-order valence-electron chi connectivity index (χ1n) is 10.7. The first-order chi connectivity index (χ1) is 16.7. The largest absolute Gasteiger partial charge is 0.490 e. The maximum atomic E-state index is 10.6. The number of carbonyl (C=O) groups is 2. The maximum absolute atomic E-state index is 10.6. The van der Waals surface area contributed by atoms with Gasteiger partial charge in [0.1, 0.15) is 0 Å². The van der Waals surface area contributed by atoms with Gasteiger partial charge in [-0.15, -0.1) is 11.3 Å². The van der Waals surface area contributed by atoms with Gasteiger partial charge in [0, 0.05) is 48.8 Å². The molecule has 2 aromatic heterocycles. The summed E-state index contributed by atoms with van der Waals surface area (Å²) < 4.78 is 63.5. The molecule has 0 spiro atoms. The number of hydrogen-bond donors (Lipinski definition) is 2. The number of likely N-dealkylation sites (tertiary alicyclic amines) is 2. The Labute approximate surface area is 207 Å². The number of aliphatic carboxylic acids is 2. The molecular weight excluding hydrogens is 516 g/mol. The standard InChI is InChI=1S/C18H23N3S.2C2HF3O2/c1-14-4-2-5-15(19-14)12-20-9-7-18-17(20)8-10-21(18)13-16-6-3-11-22-16;2*3-2(4,5)1(6)7/h2-6,11,17-18H,7-10,12-13H2,1H3;2*(H,6,7)/t17-,18+;;/m0../s1. The van der Waals surface area contributed by atoms with Gasteiger partial charge in [-0.05, 0) is 43.3 Å². The molecule has 2 aliphatic heterocycles. The van der Waals surface area contributed by atoms with Crippen LogP contribution in [0.1, 0.15) is 29.1 Å². The van der Waals surface area contributed by atoms with E-state index in [-0.39, 0.29) is 0 Å². The molecule has 0 radical (unpaired) electrons. The van der Waals surface area contributed by atoms with Gasteiger partial charge in [-0.1, -0.05) is 12.1 Å². The molecular formula is C22H25F6N3O4S. The predicted octanol–water partition coefficient (Wildman–Crippen LogP) is 4.57. The third kappa shape index (κ3) is 9.06. The first kappa shape index (κ1) is 29.5. The highest BCUT2D eigenvalue weighted by Crippen LogP contribution is 2.33. The second kappa shape index (κ2) is 12.5. The number of carboxylic acid groups (broad SMARTS) is 2. The number of carboxylic acids is 2. The molecule has 4 heterocycles. The molecule has 0 unspecified atom stereocenters. The van der Waals surface area contributed by atoms with Crippen molar-refractivity contribution < 1.29 is 46.1 Å². The molecule has 14 heteroatoms. The van der Waals surface area contributed by atoms with Crippen LogP contribution in [0.25, 0.3) is 0 Å². The summed E-state index contributed by atoms with van der Waals surface area (Å²) in [5.74, 6) is -5.51. The quantitative estimate of drug-likeness (QED) is 0.548. The Bertz CT molecular complexity index is 976. The van der Waals surface area contributed by atoms with Crippen LogP contribution in [-0.2, 0) is 22.7 Å². The van der Waals surface area contributed by atoms with Crippen LogP contribution in [0.15, 0.2) is 35.7 Å². The summed E-state index contributed by atoms with van der Waals surface area (Å²) in [6.45, 7) is 6.68. The van der Waals surface area contributed by atoms with Gasteiger partial charge in [-0.25, -0.2) is 9.59 Å². The Kier molecular flexibility index (Phi) is 10.3. The van der Waals surface area contributed by atoms with Gasteiger partial charge in [-0.3, -0.25) is 14.8 Å². The molecule has 0 bridgehead atoms. The van der Waals surface area contributed by atoms with E-state index in [1.165, 1.54) is 36.5 Å². The molecule has 2 aliphatic rings. The molecule has 2 fully saturated rings. The second-order valence-corrected chi connectivity index (χ2v) is 9.14. The third-order valence-corrected chi connectivity index (χ3v) is 6.40. The van der Waals surface area contributed by atoms with Crippen molar-refractivity contribution in [3.63, 3.8) is 0 Å². The zero-order chi connectivity index (χ0) is 27.1. The minimum atomic E-state index is -5.08. The number of nitrogens with zero attached hydrogens (tertiary/aromatic N) is 3. The summed E-state index contributed by atoms with van der Waals surface area (Å²) in [5, 5.41) is 16.4. The van der Waals surface area contributed by atoms with E-state index in [0.29, 0.717) is 0 Å². The van der Waals surface area contributed by atoms with Crippen LogP contribution in [0.3, 0.4) is 0 Å². The van der Waals surface area contributed by atoms with Gasteiger partial charge in [0.15, 0.2) is 0 Å². The normalized spacial score (nSPS) is 20.1. The lowest BCUT2D eigenvalue weighted by Gasteiger charge is -2.25. The van der Waals surface area contributed by atoms with Crippen LogP contribution in [0.5, 0.6) is 0 Å². The van der Waals surface area contributed by atoms with Crippen molar-refractivity contribution in [3.05, 3.63) is 52.0 Å². The van der Waals surface area contributed by atoms with E-state index in [1.807, 2.05) is 11.3 Å². The molecule has 0 aliphatic carbocycles. The highest BCUT2D eigenvalue weighted by molar-refractivity contribution is 7.09. The third-order valence-electron chi connectivity index (χ3n) is 5.54. The van der Waals surface area contributed by atoms with E-state index in [0.717, 1.165) is 30.9 Å². The first-order valence-corrected chi connectivity index (χ1v) is 11.6. The van der Waals surface area contributed by atoms with Crippen molar-refractivity contribution in [2.75, 3.05) is 13.1 Å². The number of hydrogen-bond acceptors (Lipinski definition) is 6. The molecule has 2 atom stereocenters. The minimum Gasteiger partial charge on any atom is -0.475 e. The Morgan fingerprint density at radius 2 is 1.42 bits per heavy atom. The minimum absolute atomic E-state index is 0.724. The Hall–Kier alpha value is -2.71. The van der Waals surface area contributed by atoms with Crippen LogP contribution in [-0.4, -0.2) is 74.5 Å². The fourth-order valence-corrected chi connectivity index (χ4v) is 4.78. The monoisotopic (exact) mass is 541 g/mol. The van der Waals surface area contributed by atoms with Crippen LogP contribution in [0.4, 0.5) is 26.3 Å². The van der Waals surface area contributed by atoms with Gasteiger partial charge in [0.25, 0.3) is 0 Å². The lowest BCUT2D eigenvalue weighted by atomic mass is 10.1. The average Bonchev–Trinajstić information content (AvgIpc) is 3.49. The number of rotatable bonds is 4. The molecule has 7 nitrogen and oxygen atoms in total. The summed E-state index contributed by atoms with van der Waals surface area (Å²) in [6, 6.07) is 12.3. The maximum Gasteiger partial charge on any atom is 0.490 e. The average molecular weight is 542 g/mol. The fourth-order valence-electron chi connectivity index (χ4n) is 4.06. The van der Waals surface area contributed by atoms with E-state index in [2.05, 4.69) is 57.4 Å². The number of aryl methyl sites for hydroxylation is 1. The summed E-state index contributed by atoms with van der Waals surface area (Å²) in [7, 11) is 0. The van der Waals surface area contributed by atoms with E-state index < -0.39 is 24.3 Å². The second-order valence-electron chi connectivity index (χ2n) is 8.11. The molecule has 0 aromatic carbocycles.